The molecule has 0 saturated carbocycles. The van der Waals surface area contributed by atoms with Crippen LogP contribution in [-0.4, -0.2) is 75.1 Å². The largest absolute Gasteiger partial charge is 0.481 e. The molecule has 6 unspecified atom stereocenters. The van der Waals surface area contributed by atoms with Crippen LogP contribution in [0.2, 0.25) is 0 Å². The molecule has 0 aromatic carbocycles. The van der Waals surface area contributed by atoms with Crippen molar-refractivity contribution in [3.63, 3.8) is 0 Å². The number of hydrogen-bond acceptors (Lipinski definition) is 7. The molecule has 0 bridgehead atoms. The maximum absolute atomic E-state index is 12.9. The van der Waals surface area contributed by atoms with Gasteiger partial charge in [0.15, 0.2) is 0 Å². The average Bonchev–Trinajstić information content (AvgIpc) is 2.76. The van der Waals surface area contributed by atoms with Gasteiger partial charge in [-0.15, -0.1) is 0 Å². The molecule has 6 atom stereocenters. The fraction of sp³-hybridized carbons (Fsp3) is 0.714. The Morgan fingerprint density at radius 3 is 1.71 bits per heavy atom. The summed E-state index contributed by atoms with van der Waals surface area (Å²) in [5.74, 6) is -7.32. The molecule has 34 heavy (non-hydrogen) atoms. The lowest BCUT2D eigenvalue weighted by molar-refractivity contribution is -0.144. The Hall–Kier alpha value is -3.22. The van der Waals surface area contributed by atoms with Crippen LogP contribution < -0.4 is 21.7 Å². The van der Waals surface area contributed by atoms with Gasteiger partial charge in [-0.25, -0.2) is 4.79 Å². The maximum atomic E-state index is 12.9. The standard InChI is InChI=1S/C21H36N4O9/c1-5-10(3)16(22)19(31)25-17(11(4)6-2)20(32)24-13(9-15(28)29)18(30)23-12(21(33)34)7-8-14(26)27/h10-13,16-17H,5-9,22H2,1-4H3,(H,23,30)(H,24,32)(H,25,31)(H,26,27)(H,28,29)(H,33,34). The molecule has 0 aliphatic carbocycles. The first-order valence-electron chi connectivity index (χ1n) is 11.1. The molecule has 0 saturated heterocycles. The number of amides is 3. The topological polar surface area (TPSA) is 225 Å². The second-order valence-corrected chi connectivity index (χ2v) is 8.27. The van der Waals surface area contributed by atoms with E-state index in [4.69, 9.17) is 15.9 Å². The van der Waals surface area contributed by atoms with Gasteiger partial charge >= 0.3 is 17.9 Å². The van der Waals surface area contributed by atoms with E-state index in [1.165, 1.54) is 0 Å². The second kappa shape index (κ2) is 14.8. The van der Waals surface area contributed by atoms with Crippen molar-refractivity contribution in [1.29, 1.82) is 0 Å². The van der Waals surface area contributed by atoms with Crippen molar-refractivity contribution in [3.05, 3.63) is 0 Å². The van der Waals surface area contributed by atoms with Gasteiger partial charge in [-0.1, -0.05) is 40.5 Å². The molecular formula is C21H36N4O9. The van der Waals surface area contributed by atoms with Crippen molar-refractivity contribution < 1.29 is 44.1 Å². The van der Waals surface area contributed by atoms with E-state index < -0.39 is 85.0 Å². The van der Waals surface area contributed by atoms with Crippen molar-refractivity contribution >= 4 is 35.6 Å². The Kier molecular flexibility index (Phi) is 13.4. The predicted molar refractivity (Wildman–Crippen MR) is 119 cm³/mol. The number of nitrogens with one attached hydrogen (secondary N) is 3. The zero-order chi connectivity index (χ0) is 26.6. The quantitative estimate of drug-likeness (QED) is 0.144. The summed E-state index contributed by atoms with van der Waals surface area (Å²) in [6, 6.07) is -5.27. The minimum Gasteiger partial charge on any atom is -0.481 e. The molecule has 0 fully saturated rings. The van der Waals surface area contributed by atoms with Crippen molar-refractivity contribution in [1.82, 2.24) is 16.0 Å². The van der Waals surface area contributed by atoms with E-state index in [9.17, 15) is 33.9 Å². The third kappa shape index (κ3) is 10.6. The van der Waals surface area contributed by atoms with Gasteiger partial charge < -0.3 is 37.0 Å². The molecule has 0 aromatic heterocycles. The SMILES string of the molecule is CCC(C)C(N)C(=O)NC(C(=O)NC(CC(=O)O)C(=O)NC(CCC(=O)O)C(=O)O)C(C)CC. The molecule has 8 N–H and O–H groups in total. The van der Waals surface area contributed by atoms with Crippen molar-refractivity contribution in [2.24, 2.45) is 17.6 Å². The number of carbonyl (C=O) groups excluding carboxylic acids is 3. The molecule has 0 rings (SSSR count). The third-order valence-electron chi connectivity index (χ3n) is 5.63. The number of carbonyl (C=O) groups is 6. The number of nitrogens with two attached hydrogens (primary N) is 1. The molecule has 13 nitrogen and oxygen atoms in total. The fourth-order valence-corrected chi connectivity index (χ4v) is 2.91. The fourth-order valence-electron chi connectivity index (χ4n) is 2.91. The van der Waals surface area contributed by atoms with Crippen LogP contribution in [0.3, 0.4) is 0 Å². The Morgan fingerprint density at radius 1 is 0.735 bits per heavy atom. The zero-order valence-electron chi connectivity index (χ0n) is 19.9. The van der Waals surface area contributed by atoms with Gasteiger partial charge in [-0.3, -0.25) is 24.0 Å². The van der Waals surface area contributed by atoms with Crippen LogP contribution in [0.25, 0.3) is 0 Å². The Labute approximate surface area is 197 Å². The van der Waals surface area contributed by atoms with Gasteiger partial charge in [-0.2, -0.15) is 0 Å². The number of carboxylic acid groups (broad SMARTS) is 3. The first kappa shape index (κ1) is 30.8. The Morgan fingerprint density at radius 2 is 1.26 bits per heavy atom. The summed E-state index contributed by atoms with van der Waals surface area (Å²) in [6.07, 6.45) is -0.767. The number of carboxylic acids is 3. The van der Waals surface area contributed by atoms with Crippen molar-refractivity contribution in [2.45, 2.75) is 84.0 Å². The van der Waals surface area contributed by atoms with E-state index in [0.29, 0.717) is 12.8 Å². The molecule has 3 amide bonds. The van der Waals surface area contributed by atoms with E-state index in [2.05, 4.69) is 16.0 Å². The highest BCUT2D eigenvalue weighted by Crippen LogP contribution is 2.12. The minimum atomic E-state index is -1.66. The van der Waals surface area contributed by atoms with Gasteiger partial charge in [-0.05, 0) is 18.3 Å². The molecular weight excluding hydrogens is 452 g/mol. The van der Waals surface area contributed by atoms with E-state index >= 15 is 0 Å². The molecule has 0 spiro atoms. The van der Waals surface area contributed by atoms with Gasteiger partial charge in [0.1, 0.15) is 18.1 Å². The first-order chi connectivity index (χ1) is 15.7. The second-order valence-electron chi connectivity index (χ2n) is 8.27. The summed E-state index contributed by atoms with van der Waals surface area (Å²) < 4.78 is 0. The Balaban J connectivity index is 5.61. The summed E-state index contributed by atoms with van der Waals surface area (Å²) in [6.45, 7) is 7.08. The molecule has 0 aromatic rings. The summed E-state index contributed by atoms with van der Waals surface area (Å²) in [5.41, 5.74) is 5.93. The average molecular weight is 489 g/mol. The highest BCUT2D eigenvalue weighted by atomic mass is 16.4. The van der Waals surface area contributed by atoms with Gasteiger partial charge in [0.2, 0.25) is 17.7 Å². The van der Waals surface area contributed by atoms with Crippen molar-refractivity contribution in [2.75, 3.05) is 0 Å². The van der Waals surface area contributed by atoms with E-state index in [0.717, 1.165) is 0 Å². The first-order valence-corrected chi connectivity index (χ1v) is 11.1. The van der Waals surface area contributed by atoms with Crippen LogP contribution in [0.5, 0.6) is 0 Å². The zero-order valence-corrected chi connectivity index (χ0v) is 19.9. The lowest BCUT2D eigenvalue weighted by Gasteiger charge is -2.28. The van der Waals surface area contributed by atoms with E-state index in [-0.39, 0.29) is 5.92 Å². The van der Waals surface area contributed by atoms with Crippen LogP contribution in [0.4, 0.5) is 0 Å². The van der Waals surface area contributed by atoms with Gasteiger partial charge in [0.05, 0.1) is 12.5 Å². The highest BCUT2D eigenvalue weighted by molar-refractivity contribution is 5.95. The number of rotatable bonds is 16. The van der Waals surface area contributed by atoms with E-state index in [1.807, 2.05) is 6.92 Å². The summed E-state index contributed by atoms with van der Waals surface area (Å²) in [4.78, 5) is 71.4. The predicted octanol–water partition coefficient (Wildman–Crippen LogP) is -0.716. The van der Waals surface area contributed by atoms with Crippen LogP contribution in [0.15, 0.2) is 0 Å². The van der Waals surface area contributed by atoms with E-state index in [1.54, 1.807) is 20.8 Å². The maximum Gasteiger partial charge on any atom is 0.326 e. The summed E-state index contributed by atoms with van der Waals surface area (Å²) in [5, 5.41) is 34.0. The number of aliphatic carboxylic acids is 3. The van der Waals surface area contributed by atoms with Gasteiger partial charge in [0.25, 0.3) is 0 Å². The Bertz CT molecular complexity index is 759. The van der Waals surface area contributed by atoms with Crippen LogP contribution in [0.1, 0.15) is 59.8 Å². The van der Waals surface area contributed by atoms with Crippen LogP contribution in [-0.2, 0) is 28.8 Å². The summed E-state index contributed by atoms with van der Waals surface area (Å²) in [7, 11) is 0. The van der Waals surface area contributed by atoms with Gasteiger partial charge in [0, 0.05) is 6.42 Å². The molecule has 0 aliphatic rings. The smallest absolute Gasteiger partial charge is 0.326 e. The normalized spacial score (nSPS) is 16.1. The van der Waals surface area contributed by atoms with Crippen molar-refractivity contribution in [3.8, 4) is 0 Å². The molecule has 0 aliphatic heterocycles. The third-order valence-corrected chi connectivity index (χ3v) is 5.63. The van der Waals surface area contributed by atoms with Crippen LogP contribution >= 0.6 is 0 Å². The summed E-state index contributed by atoms with van der Waals surface area (Å²) >= 11 is 0. The minimum absolute atomic E-state index is 0.162. The highest BCUT2D eigenvalue weighted by Gasteiger charge is 2.34. The molecule has 194 valence electrons. The molecule has 0 radical (unpaired) electrons. The molecule has 13 heteroatoms. The lowest BCUT2D eigenvalue weighted by Crippen LogP contribution is -2.59. The number of hydrogen-bond donors (Lipinski definition) is 7. The molecule has 0 heterocycles. The van der Waals surface area contributed by atoms with Crippen LogP contribution in [0, 0.1) is 11.8 Å². The monoisotopic (exact) mass is 488 g/mol. The lowest BCUT2D eigenvalue weighted by atomic mass is 9.95.